The molecule has 0 saturated heterocycles. The topological polar surface area (TPSA) is 76.0 Å². The lowest BCUT2D eigenvalue weighted by atomic mass is 10.1. The van der Waals surface area contributed by atoms with Crippen LogP contribution in [-0.2, 0) is 0 Å². The maximum absolute atomic E-state index is 11.4. The summed E-state index contributed by atoms with van der Waals surface area (Å²) in [7, 11) is 2.58. The number of phenols is 2. The van der Waals surface area contributed by atoms with Gasteiger partial charge in [-0.2, -0.15) is 0 Å². The van der Waals surface area contributed by atoms with Gasteiger partial charge in [0.1, 0.15) is 11.3 Å². The molecule has 0 aromatic heterocycles. The summed E-state index contributed by atoms with van der Waals surface area (Å²) < 4.78 is 9.66. The molecule has 0 saturated carbocycles. The van der Waals surface area contributed by atoms with Crippen LogP contribution in [0.15, 0.2) is 6.07 Å². The number of halogens is 1. The molecule has 5 nitrogen and oxygen atoms in total. The molecule has 0 unspecified atom stereocenters. The Hall–Kier alpha value is -1.62. The van der Waals surface area contributed by atoms with Crippen molar-refractivity contribution in [3.05, 3.63) is 11.6 Å². The summed E-state index contributed by atoms with van der Waals surface area (Å²) in [5.41, 5.74) is -0.157. The van der Waals surface area contributed by atoms with Gasteiger partial charge in [-0.25, -0.2) is 0 Å². The molecule has 0 spiro atoms. The molecule has 88 valence electrons. The van der Waals surface area contributed by atoms with Gasteiger partial charge in [0.05, 0.1) is 20.1 Å². The van der Waals surface area contributed by atoms with Crippen molar-refractivity contribution in [2.24, 2.45) is 0 Å². The second-order valence-corrected chi connectivity index (χ2v) is 3.18. The number of ether oxygens (including phenoxy) is 2. The van der Waals surface area contributed by atoms with Crippen LogP contribution in [0.2, 0.25) is 0 Å². The third-order valence-corrected chi connectivity index (χ3v) is 2.27. The number of rotatable bonds is 4. The van der Waals surface area contributed by atoms with Gasteiger partial charge in [0.25, 0.3) is 0 Å². The molecule has 1 aromatic carbocycles. The van der Waals surface area contributed by atoms with Crippen LogP contribution in [0, 0.1) is 0 Å². The van der Waals surface area contributed by atoms with E-state index in [4.69, 9.17) is 21.1 Å². The largest absolute Gasteiger partial charge is 0.507 e. The summed E-state index contributed by atoms with van der Waals surface area (Å²) in [6, 6.07) is 1.12. The number of phenolic OH excluding ortho intramolecular Hbond substituents is 2. The molecule has 1 aromatic rings. The SMILES string of the molecule is COc1cc(O)c(C(=O)CCl)c(OC)c1O. The molecule has 0 bridgehead atoms. The number of carbonyl (C=O) groups is 1. The number of alkyl halides is 1. The van der Waals surface area contributed by atoms with Gasteiger partial charge in [0.2, 0.25) is 5.75 Å². The zero-order valence-electron chi connectivity index (χ0n) is 8.78. The number of hydrogen-bond donors (Lipinski definition) is 2. The van der Waals surface area contributed by atoms with Gasteiger partial charge in [-0.3, -0.25) is 4.79 Å². The van der Waals surface area contributed by atoms with E-state index in [1.54, 1.807) is 0 Å². The van der Waals surface area contributed by atoms with Gasteiger partial charge >= 0.3 is 0 Å². The minimum Gasteiger partial charge on any atom is -0.507 e. The van der Waals surface area contributed by atoms with Crippen molar-refractivity contribution >= 4 is 17.4 Å². The molecule has 6 heteroatoms. The van der Waals surface area contributed by atoms with Gasteiger partial charge in [-0.1, -0.05) is 0 Å². The lowest BCUT2D eigenvalue weighted by Crippen LogP contribution is -2.04. The predicted octanol–water partition coefficient (Wildman–Crippen LogP) is 1.54. The highest BCUT2D eigenvalue weighted by Crippen LogP contribution is 2.43. The van der Waals surface area contributed by atoms with E-state index in [1.807, 2.05) is 0 Å². The molecular weight excluding hydrogens is 236 g/mol. The van der Waals surface area contributed by atoms with Gasteiger partial charge in [0.15, 0.2) is 17.3 Å². The monoisotopic (exact) mass is 246 g/mol. The zero-order chi connectivity index (χ0) is 12.3. The number of methoxy groups -OCH3 is 2. The van der Waals surface area contributed by atoms with Crippen molar-refractivity contribution in [3.63, 3.8) is 0 Å². The average molecular weight is 247 g/mol. The molecule has 1 rings (SSSR count). The van der Waals surface area contributed by atoms with Crippen molar-refractivity contribution in [2.75, 3.05) is 20.1 Å². The molecular formula is C10H11ClO5. The minimum atomic E-state index is -0.547. The van der Waals surface area contributed by atoms with E-state index in [1.165, 1.54) is 14.2 Å². The van der Waals surface area contributed by atoms with E-state index >= 15 is 0 Å². The first-order chi connectivity index (χ1) is 7.56. The number of aromatic hydroxyl groups is 2. The maximum Gasteiger partial charge on any atom is 0.201 e. The minimum absolute atomic E-state index is 0.0143. The Kier molecular flexibility index (Phi) is 3.84. The van der Waals surface area contributed by atoms with Crippen LogP contribution in [0.5, 0.6) is 23.0 Å². The fourth-order valence-electron chi connectivity index (χ4n) is 1.30. The maximum atomic E-state index is 11.4. The number of benzene rings is 1. The summed E-state index contributed by atoms with van der Waals surface area (Å²) in [4.78, 5) is 11.4. The van der Waals surface area contributed by atoms with Crippen LogP contribution < -0.4 is 9.47 Å². The highest BCUT2D eigenvalue weighted by molar-refractivity contribution is 6.31. The lowest BCUT2D eigenvalue weighted by molar-refractivity contribution is 0.101. The summed E-state index contributed by atoms with van der Waals surface area (Å²) >= 11 is 5.38. The number of carbonyl (C=O) groups excluding carboxylic acids is 1. The van der Waals surface area contributed by atoms with Crippen LogP contribution in [-0.4, -0.2) is 36.1 Å². The second-order valence-electron chi connectivity index (χ2n) is 2.91. The van der Waals surface area contributed by atoms with Crippen LogP contribution in [0.1, 0.15) is 10.4 Å². The van der Waals surface area contributed by atoms with Crippen molar-refractivity contribution in [1.29, 1.82) is 0 Å². The van der Waals surface area contributed by atoms with Crippen LogP contribution in [0.25, 0.3) is 0 Å². The molecule has 0 atom stereocenters. The fourth-order valence-corrected chi connectivity index (χ4v) is 1.44. The summed E-state index contributed by atoms with van der Waals surface area (Å²) in [5, 5.41) is 19.3. The third kappa shape index (κ3) is 1.99. The lowest BCUT2D eigenvalue weighted by Gasteiger charge is -2.13. The van der Waals surface area contributed by atoms with E-state index in [0.29, 0.717) is 0 Å². The Balaban J connectivity index is 3.49. The quantitative estimate of drug-likeness (QED) is 0.479. The van der Waals surface area contributed by atoms with E-state index in [9.17, 15) is 15.0 Å². The molecule has 2 N–H and O–H groups in total. The van der Waals surface area contributed by atoms with Crippen LogP contribution in [0.4, 0.5) is 0 Å². The number of Topliss-reactive ketones (excluding diaryl/α,β-unsaturated/α-hetero) is 1. The fraction of sp³-hybridized carbons (Fsp3) is 0.300. The normalized spacial score (nSPS) is 9.94. The van der Waals surface area contributed by atoms with Crippen molar-refractivity contribution in [1.82, 2.24) is 0 Å². The highest BCUT2D eigenvalue weighted by Gasteiger charge is 2.23. The van der Waals surface area contributed by atoms with E-state index in [-0.39, 0.29) is 34.4 Å². The average Bonchev–Trinajstić information content (AvgIpc) is 2.29. The predicted molar refractivity (Wildman–Crippen MR) is 57.9 cm³/mol. The summed E-state index contributed by atoms with van der Waals surface area (Å²) in [5.74, 6) is -1.71. The summed E-state index contributed by atoms with van der Waals surface area (Å²) in [6.07, 6.45) is 0. The molecule has 0 aliphatic rings. The molecule has 0 aliphatic heterocycles. The molecule has 0 radical (unpaired) electrons. The Bertz CT molecular complexity index is 416. The molecule has 16 heavy (non-hydrogen) atoms. The van der Waals surface area contributed by atoms with Gasteiger partial charge in [0, 0.05) is 6.07 Å². The Labute approximate surface area is 97.2 Å². The standard InChI is InChI=1S/C10H11ClO5/c1-15-7-3-5(12)8(6(13)4-11)10(16-2)9(7)14/h3,12,14H,4H2,1-2H3. The first-order valence-corrected chi connectivity index (χ1v) is 4.86. The molecule has 0 fully saturated rings. The molecule has 0 heterocycles. The van der Waals surface area contributed by atoms with Crippen molar-refractivity contribution in [3.8, 4) is 23.0 Å². The molecule has 0 amide bonds. The first kappa shape index (κ1) is 12.4. The van der Waals surface area contributed by atoms with Crippen molar-refractivity contribution in [2.45, 2.75) is 0 Å². The molecule has 0 aliphatic carbocycles. The number of hydrogen-bond acceptors (Lipinski definition) is 5. The van der Waals surface area contributed by atoms with Gasteiger partial charge < -0.3 is 19.7 Å². The Morgan fingerprint density at radius 3 is 2.44 bits per heavy atom. The van der Waals surface area contributed by atoms with Crippen LogP contribution in [0.3, 0.4) is 0 Å². The van der Waals surface area contributed by atoms with E-state index < -0.39 is 5.78 Å². The third-order valence-electron chi connectivity index (χ3n) is 2.02. The first-order valence-electron chi connectivity index (χ1n) is 4.32. The summed E-state index contributed by atoms with van der Waals surface area (Å²) in [6.45, 7) is 0. The van der Waals surface area contributed by atoms with Gasteiger partial charge in [-0.15, -0.1) is 11.6 Å². The van der Waals surface area contributed by atoms with Crippen LogP contribution >= 0.6 is 11.6 Å². The van der Waals surface area contributed by atoms with Gasteiger partial charge in [-0.05, 0) is 0 Å². The smallest absolute Gasteiger partial charge is 0.201 e. The van der Waals surface area contributed by atoms with E-state index in [2.05, 4.69) is 0 Å². The number of ketones is 1. The Morgan fingerprint density at radius 2 is 2.00 bits per heavy atom. The zero-order valence-corrected chi connectivity index (χ0v) is 9.54. The van der Waals surface area contributed by atoms with Crippen molar-refractivity contribution < 1.29 is 24.5 Å². The second kappa shape index (κ2) is 4.94. The highest BCUT2D eigenvalue weighted by atomic mass is 35.5. The van der Waals surface area contributed by atoms with E-state index in [0.717, 1.165) is 6.07 Å². The Morgan fingerprint density at radius 1 is 1.38 bits per heavy atom.